The van der Waals surface area contributed by atoms with Crippen molar-refractivity contribution < 1.29 is 9.90 Å². The van der Waals surface area contributed by atoms with E-state index in [4.69, 9.17) is 0 Å². The molecule has 2 N–H and O–H groups in total. The lowest BCUT2D eigenvalue weighted by Gasteiger charge is -2.33. The number of benzene rings is 1. The maximum absolute atomic E-state index is 12.5. The van der Waals surface area contributed by atoms with E-state index in [2.05, 4.69) is 21.2 Å². The van der Waals surface area contributed by atoms with E-state index in [1.54, 1.807) is 6.07 Å². The smallest absolute Gasteiger partial charge is 0.235 e. The Morgan fingerprint density at radius 3 is 3.00 bits per heavy atom. The molecule has 0 unspecified atom stereocenters. The lowest BCUT2D eigenvalue weighted by atomic mass is 9.68. The van der Waals surface area contributed by atoms with Gasteiger partial charge >= 0.3 is 0 Å². The lowest BCUT2D eigenvalue weighted by molar-refractivity contribution is -0.121. The Labute approximate surface area is 121 Å². The van der Waals surface area contributed by atoms with Crippen LogP contribution < -0.4 is 5.32 Å². The van der Waals surface area contributed by atoms with Crippen LogP contribution in [0.3, 0.4) is 0 Å². The summed E-state index contributed by atoms with van der Waals surface area (Å²) in [4.78, 5) is 12.5. The van der Waals surface area contributed by atoms with E-state index in [1.807, 2.05) is 6.07 Å². The Morgan fingerprint density at radius 1 is 1.37 bits per heavy atom. The maximum Gasteiger partial charge on any atom is 0.235 e. The molecule has 3 rings (SSSR count). The van der Waals surface area contributed by atoms with Gasteiger partial charge in [-0.2, -0.15) is 0 Å². The van der Waals surface area contributed by atoms with Crippen LogP contribution in [0, 0.1) is 0 Å². The van der Waals surface area contributed by atoms with Gasteiger partial charge in [0, 0.05) is 16.6 Å². The summed E-state index contributed by atoms with van der Waals surface area (Å²) in [5, 5.41) is 14.0. The van der Waals surface area contributed by atoms with Crippen molar-refractivity contribution in [3.05, 3.63) is 23.3 Å². The van der Waals surface area contributed by atoms with Gasteiger partial charge in [0.25, 0.3) is 0 Å². The fourth-order valence-electron chi connectivity index (χ4n) is 3.59. The molecular formula is C15H18BrNO2. The number of alkyl halides is 1. The summed E-state index contributed by atoms with van der Waals surface area (Å²) in [7, 11) is 0. The predicted molar refractivity (Wildman–Crippen MR) is 79.0 cm³/mol. The van der Waals surface area contributed by atoms with E-state index >= 15 is 0 Å². The average molecular weight is 324 g/mol. The summed E-state index contributed by atoms with van der Waals surface area (Å²) in [5.74, 6) is 0.475. The molecule has 1 amide bonds. The number of hydrogen-bond acceptors (Lipinski definition) is 2. The highest BCUT2D eigenvalue weighted by molar-refractivity contribution is 9.09. The van der Waals surface area contributed by atoms with Gasteiger partial charge < -0.3 is 10.4 Å². The Hall–Kier alpha value is -1.03. The monoisotopic (exact) mass is 323 g/mol. The van der Waals surface area contributed by atoms with Crippen molar-refractivity contribution in [1.82, 2.24) is 0 Å². The predicted octanol–water partition coefficient (Wildman–Crippen LogP) is 3.48. The number of unbranched alkanes of at least 4 members (excludes halogenated alkanes) is 1. The number of phenols is 1. The second-order valence-corrected chi connectivity index (χ2v) is 6.31. The van der Waals surface area contributed by atoms with Gasteiger partial charge in [0.05, 0.1) is 5.41 Å². The number of anilines is 1. The van der Waals surface area contributed by atoms with Crippen LogP contribution in [0.4, 0.5) is 5.69 Å². The molecule has 102 valence electrons. The van der Waals surface area contributed by atoms with Gasteiger partial charge in [-0.25, -0.2) is 0 Å². The molecule has 1 atom stereocenters. The number of phenolic OH excluding ortho intramolecular Hbond substituents is 1. The van der Waals surface area contributed by atoms with E-state index in [1.165, 1.54) is 0 Å². The third-order valence-electron chi connectivity index (χ3n) is 4.47. The second kappa shape index (κ2) is 4.82. The number of carbonyl (C=O) groups excluding carboxylic acids is 1. The molecule has 0 saturated carbocycles. The SMILES string of the molecule is O=C1Nc2ccc(O)c3c2[C@@]1(CCCCBr)CCC3. The van der Waals surface area contributed by atoms with Crippen molar-refractivity contribution in [2.45, 2.75) is 43.9 Å². The number of amides is 1. The minimum Gasteiger partial charge on any atom is -0.508 e. The van der Waals surface area contributed by atoms with Gasteiger partial charge in [-0.1, -0.05) is 22.4 Å². The maximum atomic E-state index is 12.5. The van der Waals surface area contributed by atoms with Gasteiger partial charge in [-0.3, -0.25) is 4.79 Å². The van der Waals surface area contributed by atoms with Crippen molar-refractivity contribution in [3.63, 3.8) is 0 Å². The van der Waals surface area contributed by atoms with Gasteiger partial charge in [0.2, 0.25) is 5.91 Å². The van der Waals surface area contributed by atoms with E-state index in [0.717, 1.165) is 60.7 Å². The molecule has 1 heterocycles. The van der Waals surface area contributed by atoms with Crippen LogP contribution >= 0.6 is 15.9 Å². The zero-order valence-electron chi connectivity index (χ0n) is 10.8. The highest BCUT2D eigenvalue weighted by Gasteiger charge is 2.49. The Morgan fingerprint density at radius 2 is 2.21 bits per heavy atom. The van der Waals surface area contributed by atoms with Gasteiger partial charge in [-0.15, -0.1) is 0 Å². The number of hydrogen-bond donors (Lipinski definition) is 2. The highest BCUT2D eigenvalue weighted by Crippen LogP contribution is 2.51. The van der Waals surface area contributed by atoms with Gasteiger partial charge in [0.1, 0.15) is 5.75 Å². The third kappa shape index (κ3) is 1.88. The van der Waals surface area contributed by atoms with Crippen molar-refractivity contribution >= 4 is 27.5 Å². The van der Waals surface area contributed by atoms with Crippen LogP contribution in [-0.4, -0.2) is 16.3 Å². The molecule has 0 fully saturated rings. The zero-order valence-corrected chi connectivity index (χ0v) is 12.4. The molecule has 1 aliphatic heterocycles. The minimum atomic E-state index is -0.385. The van der Waals surface area contributed by atoms with Crippen molar-refractivity contribution in [2.24, 2.45) is 0 Å². The number of aromatic hydroxyl groups is 1. The largest absolute Gasteiger partial charge is 0.508 e. The summed E-state index contributed by atoms with van der Waals surface area (Å²) in [6, 6.07) is 3.54. The number of carbonyl (C=O) groups is 1. The van der Waals surface area contributed by atoms with E-state index in [0.29, 0.717) is 5.75 Å². The van der Waals surface area contributed by atoms with E-state index < -0.39 is 0 Å². The van der Waals surface area contributed by atoms with Crippen LogP contribution in [0.15, 0.2) is 12.1 Å². The first kappa shape index (κ1) is 13.0. The molecule has 0 spiro atoms. The van der Waals surface area contributed by atoms with Crippen LogP contribution in [0.2, 0.25) is 0 Å². The van der Waals surface area contributed by atoms with Crippen LogP contribution in [0.5, 0.6) is 5.75 Å². The van der Waals surface area contributed by atoms with Gasteiger partial charge in [0.15, 0.2) is 0 Å². The molecule has 4 heteroatoms. The molecule has 1 aromatic rings. The number of halogens is 1. The quantitative estimate of drug-likeness (QED) is 0.506. The standard InChI is InChI=1S/C15H18BrNO2/c16-9-2-1-7-15-8-3-4-10-12(18)6-5-11(13(10)15)17-14(15)19/h5-6,18H,1-4,7-9H2,(H,17,19)/t15-/m1/s1. The van der Waals surface area contributed by atoms with Crippen molar-refractivity contribution in [2.75, 3.05) is 10.6 Å². The van der Waals surface area contributed by atoms with E-state index in [9.17, 15) is 9.90 Å². The first-order chi connectivity index (χ1) is 9.19. The Bertz CT molecular complexity index is 529. The summed E-state index contributed by atoms with van der Waals surface area (Å²) < 4.78 is 0. The summed E-state index contributed by atoms with van der Waals surface area (Å²) >= 11 is 3.44. The highest BCUT2D eigenvalue weighted by atomic mass is 79.9. The normalized spacial score (nSPS) is 24.2. The summed E-state index contributed by atoms with van der Waals surface area (Å²) in [5.41, 5.74) is 2.60. The lowest BCUT2D eigenvalue weighted by Crippen LogP contribution is -2.37. The topological polar surface area (TPSA) is 49.3 Å². The van der Waals surface area contributed by atoms with Crippen molar-refractivity contribution in [1.29, 1.82) is 0 Å². The molecular weight excluding hydrogens is 306 g/mol. The molecule has 2 aliphatic rings. The Balaban J connectivity index is 2.05. The Kier molecular flexibility index (Phi) is 3.29. The van der Waals surface area contributed by atoms with Gasteiger partial charge in [-0.05, 0) is 49.8 Å². The first-order valence-corrected chi connectivity index (χ1v) is 8.04. The first-order valence-electron chi connectivity index (χ1n) is 6.92. The third-order valence-corrected chi connectivity index (χ3v) is 5.03. The molecule has 0 aromatic heterocycles. The van der Waals surface area contributed by atoms with E-state index in [-0.39, 0.29) is 11.3 Å². The molecule has 3 nitrogen and oxygen atoms in total. The summed E-state index contributed by atoms with van der Waals surface area (Å²) in [6.07, 6.45) is 5.76. The molecule has 0 bridgehead atoms. The number of rotatable bonds is 4. The molecule has 19 heavy (non-hydrogen) atoms. The molecule has 1 aliphatic carbocycles. The van der Waals surface area contributed by atoms with Crippen molar-refractivity contribution in [3.8, 4) is 5.75 Å². The summed E-state index contributed by atoms with van der Waals surface area (Å²) in [6.45, 7) is 0. The average Bonchev–Trinajstić information content (AvgIpc) is 2.69. The molecule has 0 radical (unpaired) electrons. The van der Waals surface area contributed by atoms with Crippen LogP contribution in [0.25, 0.3) is 0 Å². The fraction of sp³-hybridized carbons (Fsp3) is 0.533. The number of nitrogens with one attached hydrogen (secondary N) is 1. The van der Waals surface area contributed by atoms with Crippen LogP contribution in [0.1, 0.15) is 43.2 Å². The molecule has 1 aromatic carbocycles. The molecule has 0 saturated heterocycles. The minimum absolute atomic E-state index is 0.128. The fourth-order valence-corrected chi connectivity index (χ4v) is 3.98. The zero-order chi connectivity index (χ0) is 13.5. The van der Waals surface area contributed by atoms with Crippen LogP contribution in [-0.2, 0) is 16.6 Å². The second-order valence-electron chi connectivity index (χ2n) is 5.52.